The zero-order chi connectivity index (χ0) is 7.82. The lowest BCUT2D eigenvalue weighted by Gasteiger charge is -1.88. The van der Waals surface area contributed by atoms with Crippen LogP contribution in [0.15, 0.2) is 12.2 Å². The van der Waals surface area contributed by atoms with Gasteiger partial charge in [0.2, 0.25) is 0 Å². The fourth-order valence-corrected chi connectivity index (χ4v) is 0.448. The van der Waals surface area contributed by atoms with Gasteiger partial charge in [0.1, 0.15) is 0 Å². The Hall–Kier alpha value is -1.12. The van der Waals surface area contributed by atoms with Crippen molar-refractivity contribution in [2.24, 2.45) is 0 Å². The topological polar surface area (TPSA) is 43.4 Å². The molecule has 0 aromatic rings. The lowest BCUT2D eigenvalue weighted by Crippen LogP contribution is -1.99. The van der Waals surface area contributed by atoms with Gasteiger partial charge in [-0.05, 0) is 6.42 Å². The van der Waals surface area contributed by atoms with Gasteiger partial charge in [-0.2, -0.15) is 0 Å². The third-order valence-corrected chi connectivity index (χ3v) is 0.866. The normalized spacial score (nSPS) is 9.70. The second kappa shape index (κ2) is 6.01. The number of rotatable bonds is 4. The standard InChI is InChI=1S/C7H10O3/c1-2-3-4-5-7(9)10-6-8/h3-4,6H,2,5H2,1H3/b4-3+. The SMILES string of the molecule is CC/C=C/CC(=O)OC=O. The molecule has 0 radical (unpaired) electrons. The summed E-state index contributed by atoms with van der Waals surface area (Å²) in [5.74, 6) is -0.514. The van der Waals surface area contributed by atoms with E-state index in [-0.39, 0.29) is 12.9 Å². The van der Waals surface area contributed by atoms with E-state index in [1.54, 1.807) is 6.08 Å². The van der Waals surface area contributed by atoms with Crippen LogP contribution in [0, 0.1) is 0 Å². The van der Waals surface area contributed by atoms with Gasteiger partial charge in [0, 0.05) is 0 Å². The van der Waals surface area contributed by atoms with Crippen LogP contribution in [-0.4, -0.2) is 12.4 Å². The van der Waals surface area contributed by atoms with E-state index in [0.717, 1.165) is 6.42 Å². The Kier molecular flexibility index (Phi) is 5.33. The molecule has 0 saturated carbocycles. The van der Waals surface area contributed by atoms with Gasteiger partial charge < -0.3 is 4.74 Å². The van der Waals surface area contributed by atoms with Crippen molar-refractivity contribution in [2.75, 3.05) is 0 Å². The molecule has 0 fully saturated rings. The molecule has 0 unspecified atom stereocenters. The van der Waals surface area contributed by atoms with E-state index < -0.39 is 5.97 Å². The van der Waals surface area contributed by atoms with Crippen molar-refractivity contribution >= 4 is 12.4 Å². The lowest BCUT2D eigenvalue weighted by molar-refractivity contribution is -0.150. The highest BCUT2D eigenvalue weighted by molar-refractivity contribution is 5.77. The molecule has 56 valence electrons. The molecule has 0 aliphatic carbocycles. The van der Waals surface area contributed by atoms with Crippen LogP contribution in [0.2, 0.25) is 0 Å². The van der Waals surface area contributed by atoms with Crippen LogP contribution in [0.4, 0.5) is 0 Å². The summed E-state index contributed by atoms with van der Waals surface area (Å²) in [5.41, 5.74) is 0. The van der Waals surface area contributed by atoms with E-state index in [9.17, 15) is 9.59 Å². The molecular weight excluding hydrogens is 132 g/mol. The molecule has 0 atom stereocenters. The lowest BCUT2D eigenvalue weighted by atomic mass is 10.3. The molecule has 0 heterocycles. The first-order chi connectivity index (χ1) is 4.81. The van der Waals surface area contributed by atoms with E-state index in [2.05, 4.69) is 4.74 Å². The number of esters is 1. The van der Waals surface area contributed by atoms with Gasteiger partial charge in [0.15, 0.2) is 0 Å². The zero-order valence-corrected chi connectivity index (χ0v) is 5.87. The maximum atomic E-state index is 10.4. The molecule has 0 aliphatic rings. The Morgan fingerprint density at radius 2 is 2.20 bits per heavy atom. The first-order valence-corrected chi connectivity index (χ1v) is 3.09. The molecule has 3 heteroatoms. The van der Waals surface area contributed by atoms with Crippen LogP contribution < -0.4 is 0 Å². The first-order valence-electron chi connectivity index (χ1n) is 3.09. The highest BCUT2D eigenvalue weighted by atomic mass is 16.6. The predicted octanol–water partition coefficient (Wildman–Crippen LogP) is 1.04. The van der Waals surface area contributed by atoms with Gasteiger partial charge in [0.05, 0.1) is 6.42 Å². The molecule has 0 aromatic carbocycles. The van der Waals surface area contributed by atoms with Gasteiger partial charge in [0.25, 0.3) is 0 Å². The van der Waals surface area contributed by atoms with Crippen molar-refractivity contribution in [1.82, 2.24) is 0 Å². The number of hydrogen-bond donors (Lipinski definition) is 0. The number of hydrogen-bond acceptors (Lipinski definition) is 3. The van der Waals surface area contributed by atoms with E-state index in [0.29, 0.717) is 0 Å². The van der Waals surface area contributed by atoms with Gasteiger partial charge in [-0.15, -0.1) is 0 Å². The molecule has 0 aromatic heterocycles. The maximum absolute atomic E-state index is 10.4. The van der Waals surface area contributed by atoms with Crippen molar-refractivity contribution in [2.45, 2.75) is 19.8 Å². The number of ether oxygens (including phenoxy) is 1. The summed E-state index contributed by atoms with van der Waals surface area (Å²) in [4.78, 5) is 20.0. The van der Waals surface area contributed by atoms with Gasteiger partial charge in [-0.1, -0.05) is 19.1 Å². The highest BCUT2D eigenvalue weighted by Gasteiger charge is 1.95. The van der Waals surface area contributed by atoms with Crippen LogP contribution in [0.1, 0.15) is 19.8 Å². The van der Waals surface area contributed by atoms with E-state index in [4.69, 9.17) is 0 Å². The summed E-state index contributed by atoms with van der Waals surface area (Å²) in [6, 6.07) is 0. The Morgan fingerprint density at radius 1 is 1.50 bits per heavy atom. The summed E-state index contributed by atoms with van der Waals surface area (Å²) >= 11 is 0. The van der Waals surface area contributed by atoms with Crippen LogP contribution >= 0.6 is 0 Å². The molecule has 10 heavy (non-hydrogen) atoms. The smallest absolute Gasteiger partial charge is 0.317 e. The largest absolute Gasteiger partial charge is 0.395 e. The molecule has 0 aliphatic heterocycles. The molecule has 0 bridgehead atoms. The van der Waals surface area contributed by atoms with Crippen LogP contribution in [0.3, 0.4) is 0 Å². The fourth-order valence-electron chi connectivity index (χ4n) is 0.448. The third kappa shape index (κ3) is 5.03. The Morgan fingerprint density at radius 3 is 2.70 bits per heavy atom. The number of carbonyl (C=O) groups is 2. The number of allylic oxidation sites excluding steroid dienone is 1. The predicted molar refractivity (Wildman–Crippen MR) is 36.2 cm³/mol. The fraction of sp³-hybridized carbons (Fsp3) is 0.429. The number of carbonyl (C=O) groups excluding carboxylic acids is 2. The molecule has 0 rings (SSSR count). The Bertz CT molecular complexity index is 138. The second-order valence-corrected chi connectivity index (χ2v) is 1.67. The second-order valence-electron chi connectivity index (χ2n) is 1.67. The zero-order valence-electron chi connectivity index (χ0n) is 5.87. The maximum Gasteiger partial charge on any atom is 0.317 e. The summed E-state index contributed by atoms with van der Waals surface area (Å²) in [6.07, 6.45) is 4.57. The molecule has 0 amide bonds. The van der Waals surface area contributed by atoms with Gasteiger partial charge in [-0.3, -0.25) is 9.59 Å². The van der Waals surface area contributed by atoms with Crippen LogP contribution in [-0.2, 0) is 14.3 Å². The molecule has 0 N–H and O–H groups in total. The highest BCUT2D eigenvalue weighted by Crippen LogP contribution is 1.88. The Balaban J connectivity index is 3.38. The van der Waals surface area contributed by atoms with E-state index >= 15 is 0 Å². The average molecular weight is 142 g/mol. The van der Waals surface area contributed by atoms with Crippen molar-refractivity contribution in [3.63, 3.8) is 0 Å². The first kappa shape index (κ1) is 8.88. The minimum Gasteiger partial charge on any atom is -0.395 e. The van der Waals surface area contributed by atoms with Crippen molar-refractivity contribution < 1.29 is 14.3 Å². The molecular formula is C7H10O3. The van der Waals surface area contributed by atoms with Crippen LogP contribution in [0.5, 0.6) is 0 Å². The van der Waals surface area contributed by atoms with Crippen molar-refractivity contribution in [3.8, 4) is 0 Å². The summed E-state index contributed by atoms with van der Waals surface area (Å²) in [6.45, 7) is 2.10. The third-order valence-electron chi connectivity index (χ3n) is 0.866. The van der Waals surface area contributed by atoms with E-state index in [1.165, 1.54) is 0 Å². The average Bonchev–Trinajstić information content (AvgIpc) is 1.89. The molecule has 0 spiro atoms. The minimum atomic E-state index is -0.514. The monoisotopic (exact) mass is 142 g/mol. The van der Waals surface area contributed by atoms with Gasteiger partial charge in [-0.25, -0.2) is 0 Å². The van der Waals surface area contributed by atoms with Crippen molar-refractivity contribution in [3.05, 3.63) is 12.2 Å². The summed E-state index contributed by atoms with van der Waals surface area (Å²) < 4.78 is 4.02. The van der Waals surface area contributed by atoms with Crippen molar-refractivity contribution in [1.29, 1.82) is 0 Å². The van der Waals surface area contributed by atoms with Gasteiger partial charge >= 0.3 is 12.4 Å². The Labute approximate surface area is 59.7 Å². The summed E-state index contributed by atoms with van der Waals surface area (Å²) in [5, 5.41) is 0. The van der Waals surface area contributed by atoms with Crippen LogP contribution in [0.25, 0.3) is 0 Å². The van der Waals surface area contributed by atoms with E-state index in [1.807, 2.05) is 13.0 Å². The molecule has 0 saturated heterocycles. The quantitative estimate of drug-likeness (QED) is 0.255. The molecule has 3 nitrogen and oxygen atoms in total. The summed E-state index contributed by atoms with van der Waals surface area (Å²) in [7, 11) is 0. The minimum absolute atomic E-state index is 0.141.